The topological polar surface area (TPSA) is 61.6 Å². The summed E-state index contributed by atoms with van der Waals surface area (Å²) in [5.41, 5.74) is 5.38. The number of methoxy groups -OCH3 is 1. The molecule has 3 atom stereocenters. The normalized spacial score (nSPS) is 29.2. The summed E-state index contributed by atoms with van der Waals surface area (Å²) in [4.78, 5) is 11.5. The monoisotopic (exact) mass is 293 g/mol. The third-order valence-corrected chi connectivity index (χ3v) is 4.48. The second-order valence-corrected chi connectivity index (χ2v) is 6.30. The van der Waals surface area contributed by atoms with Gasteiger partial charge in [-0.3, -0.25) is 0 Å². The molecule has 2 rings (SSSR count). The Balaban J connectivity index is 1.86. The zero-order chi connectivity index (χ0) is 15.1. The lowest BCUT2D eigenvalue weighted by Gasteiger charge is -2.32. The number of carbonyl (C=O) groups excluding carboxylic acids is 1. The molecule has 0 radical (unpaired) electrons. The highest BCUT2D eigenvalue weighted by Crippen LogP contribution is 2.29. The number of rotatable bonds is 7. The van der Waals surface area contributed by atoms with Gasteiger partial charge in [-0.15, -0.1) is 0 Å². The minimum atomic E-state index is -0.880. The van der Waals surface area contributed by atoms with Crippen LogP contribution in [-0.2, 0) is 14.3 Å². The van der Waals surface area contributed by atoms with Gasteiger partial charge in [0.1, 0.15) is 18.5 Å². The predicted molar refractivity (Wildman–Crippen MR) is 83.0 cm³/mol. The van der Waals surface area contributed by atoms with E-state index in [1.165, 1.54) is 32.1 Å². The molecule has 0 saturated heterocycles. The van der Waals surface area contributed by atoms with Crippen molar-refractivity contribution in [2.24, 2.45) is 11.7 Å². The van der Waals surface area contributed by atoms with E-state index < -0.39 is 5.54 Å². The lowest BCUT2D eigenvalue weighted by molar-refractivity contribution is -0.117. The van der Waals surface area contributed by atoms with E-state index in [4.69, 9.17) is 15.2 Å². The highest BCUT2D eigenvalue weighted by atomic mass is 16.5. The van der Waals surface area contributed by atoms with E-state index >= 15 is 0 Å². The van der Waals surface area contributed by atoms with Crippen LogP contribution in [0.2, 0.25) is 0 Å². The molecule has 4 nitrogen and oxygen atoms in total. The first-order valence-electron chi connectivity index (χ1n) is 7.91. The van der Waals surface area contributed by atoms with Gasteiger partial charge in [0.2, 0.25) is 0 Å². The molecule has 0 aliphatic heterocycles. The molecule has 4 heteroatoms. The summed E-state index contributed by atoms with van der Waals surface area (Å²) in [5.74, 6) is 0.553. The maximum atomic E-state index is 11.5. The van der Waals surface area contributed by atoms with Gasteiger partial charge in [0.25, 0.3) is 0 Å². The molecular formula is C17H27NO3. The van der Waals surface area contributed by atoms with E-state index in [0.29, 0.717) is 5.92 Å². The molecule has 0 amide bonds. The smallest absolute Gasteiger partial charge is 0.142 e. The molecular weight excluding hydrogens is 266 g/mol. The van der Waals surface area contributed by atoms with Crippen LogP contribution in [-0.4, -0.2) is 37.7 Å². The highest BCUT2D eigenvalue weighted by Gasteiger charge is 2.31. The van der Waals surface area contributed by atoms with Crippen molar-refractivity contribution in [3.05, 3.63) is 24.3 Å². The molecule has 2 N–H and O–H groups in total. The summed E-state index contributed by atoms with van der Waals surface area (Å²) in [6.45, 7) is 0.246. The zero-order valence-corrected chi connectivity index (χ0v) is 12.9. The summed E-state index contributed by atoms with van der Waals surface area (Å²) in [5, 5.41) is 0. The number of ether oxygens (including phenoxy) is 2. The summed E-state index contributed by atoms with van der Waals surface area (Å²) in [6, 6.07) is 0. The molecule has 0 aromatic carbocycles. The Morgan fingerprint density at radius 2 is 1.86 bits per heavy atom. The molecule has 0 bridgehead atoms. The Kier molecular flexibility index (Phi) is 6.15. The van der Waals surface area contributed by atoms with Gasteiger partial charge in [-0.25, -0.2) is 0 Å². The number of aldehydes is 1. The minimum absolute atomic E-state index is 0.111. The van der Waals surface area contributed by atoms with Crippen molar-refractivity contribution >= 4 is 6.29 Å². The van der Waals surface area contributed by atoms with E-state index in [0.717, 1.165) is 12.7 Å². The van der Waals surface area contributed by atoms with Crippen molar-refractivity contribution in [2.75, 3.05) is 13.7 Å². The molecule has 1 fully saturated rings. The fourth-order valence-electron chi connectivity index (χ4n) is 3.25. The van der Waals surface area contributed by atoms with Crippen molar-refractivity contribution < 1.29 is 14.3 Å². The van der Waals surface area contributed by atoms with Gasteiger partial charge in [-0.2, -0.15) is 0 Å². The van der Waals surface area contributed by atoms with Gasteiger partial charge in [0, 0.05) is 7.11 Å². The molecule has 0 spiro atoms. The predicted octanol–water partition coefficient (Wildman–Crippen LogP) is 2.38. The van der Waals surface area contributed by atoms with Gasteiger partial charge < -0.3 is 20.0 Å². The number of hydrogen-bond acceptors (Lipinski definition) is 4. The second-order valence-electron chi connectivity index (χ2n) is 6.30. The van der Waals surface area contributed by atoms with Crippen LogP contribution in [0.4, 0.5) is 0 Å². The van der Waals surface area contributed by atoms with Gasteiger partial charge in [0.15, 0.2) is 0 Å². The number of nitrogens with two attached hydrogens (primary N) is 1. The van der Waals surface area contributed by atoms with Crippen LogP contribution >= 0.6 is 0 Å². The third-order valence-electron chi connectivity index (χ3n) is 4.48. The molecule has 3 unspecified atom stereocenters. The molecule has 0 aromatic heterocycles. The number of carbonyl (C=O) groups is 1. The SMILES string of the molecule is COC1C=CC=CC1OCC(N)(C=O)CC1CCCCC1. The lowest BCUT2D eigenvalue weighted by Crippen LogP contribution is -2.49. The minimum Gasteiger partial charge on any atom is -0.374 e. The first-order chi connectivity index (χ1) is 10.2. The first-order valence-corrected chi connectivity index (χ1v) is 7.91. The van der Waals surface area contributed by atoms with Crippen molar-refractivity contribution in [1.29, 1.82) is 0 Å². The average Bonchev–Trinajstić information content (AvgIpc) is 2.54. The standard InChI is InChI=1S/C17H27NO3/c1-20-15-9-5-6-10-16(15)21-13-17(18,12-19)11-14-7-3-2-4-8-14/h5-6,9-10,12,14-16H,2-4,7-8,11,13,18H2,1H3. The third kappa shape index (κ3) is 4.77. The first kappa shape index (κ1) is 16.4. The Morgan fingerprint density at radius 3 is 2.48 bits per heavy atom. The number of hydrogen-bond donors (Lipinski definition) is 1. The fraction of sp³-hybridized carbons (Fsp3) is 0.706. The molecule has 0 aromatic rings. The van der Waals surface area contributed by atoms with Crippen LogP contribution in [0.25, 0.3) is 0 Å². The van der Waals surface area contributed by atoms with E-state index in [1.807, 2.05) is 24.3 Å². The Morgan fingerprint density at radius 1 is 1.19 bits per heavy atom. The highest BCUT2D eigenvalue weighted by molar-refractivity contribution is 5.64. The van der Waals surface area contributed by atoms with Gasteiger partial charge in [0.05, 0.1) is 12.1 Å². The van der Waals surface area contributed by atoms with Crippen LogP contribution in [0.1, 0.15) is 38.5 Å². The van der Waals surface area contributed by atoms with Crippen LogP contribution in [0.5, 0.6) is 0 Å². The van der Waals surface area contributed by atoms with Gasteiger partial charge in [-0.1, -0.05) is 56.4 Å². The van der Waals surface area contributed by atoms with E-state index in [1.54, 1.807) is 7.11 Å². The quantitative estimate of drug-likeness (QED) is 0.732. The molecule has 2 aliphatic carbocycles. The second kappa shape index (κ2) is 7.87. The van der Waals surface area contributed by atoms with E-state index in [2.05, 4.69) is 0 Å². The maximum Gasteiger partial charge on any atom is 0.142 e. The fourth-order valence-corrected chi connectivity index (χ4v) is 3.25. The van der Waals surface area contributed by atoms with E-state index in [9.17, 15) is 4.79 Å². The molecule has 2 aliphatic rings. The van der Waals surface area contributed by atoms with Crippen LogP contribution in [0.3, 0.4) is 0 Å². The molecule has 0 heterocycles. The van der Waals surface area contributed by atoms with Crippen LogP contribution in [0, 0.1) is 5.92 Å². The molecule has 21 heavy (non-hydrogen) atoms. The largest absolute Gasteiger partial charge is 0.374 e. The summed E-state index contributed by atoms with van der Waals surface area (Å²) >= 11 is 0. The molecule has 118 valence electrons. The van der Waals surface area contributed by atoms with Crippen LogP contribution in [0.15, 0.2) is 24.3 Å². The summed E-state index contributed by atoms with van der Waals surface area (Å²) in [7, 11) is 1.65. The lowest BCUT2D eigenvalue weighted by atomic mass is 9.80. The molecule has 1 saturated carbocycles. The Bertz CT molecular complexity index is 387. The van der Waals surface area contributed by atoms with Crippen molar-refractivity contribution in [1.82, 2.24) is 0 Å². The van der Waals surface area contributed by atoms with Crippen LogP contribution < -0.4 is 5.73 Å². The summed E-state index contributed by atoms with van der Waals surface area (Å²) < 4.78 is 11.2. The average molecular weight is 293 g/mol. The number of allylic oxidation sites excluding steroid dienone is 2. The van der Waals surface area contributed by atoms with Crippen molar-refractivity contribution in [3.8, 4) is 0 Å². The zero-order valence-electron chi connectivity index (χ0n) is 12.9. The van der Waals surface area contributed by atoms with Crippen molar-refractivity contribution in [2.45, 2.75) is 56.3 Å². The summed E-state index contributed by atoms with van der Waals surface area (Å²) in [6.07, 6.45) is 15.2. The van der Waals surface area contributed by atoms with Gasteiger partial charge >= 0.3 is 0 Å². The van der Waals surface area contributed by atoms with Crippen molar-refractivity contribution in [3.63, 3.8) is 0 Å². The Hall–Kier alpha value is -0.970. The maximum absolute atomic E-state index is 11.5. The Labute approximate surface area is 127 Å². The van der Waals surface area contributed by atoms with Gasteiger partial charge in [-0.05, 0) is 12.3 Å². The van der Waals surface area contributed by atoms with E-state index in [-0.39, 0.29) is 18.8 Å².